The molecule has 0 aliphatic heterocycles. The molecule has 6 heteroatoms. The van der Waals surface area contributed by atoms with Gasteiger partial charge in [0.1, 0.15) is 18.1 Å². The van der Waals surface area contributed by atoms with Crippen LogP contribution in [-0.2, 0) is 0 Å². The Hall–Kier alpha value is -3.77. The lowest BCUT2D eigenvalue weighted by molar-refractivity contribution is 0.261. The second-order valence-electron chi connectivity index (χ2n) is 7.72. The first-order valence-corrected chi connectivity index (χ1v) is 10.5. The quantitative estimate of drug-likeness (QED) is 0.420. The molecular formula is C26H27N3O3. The summed E-state index contributed by atoms with van der Waals surface area (Å²) < 4.78 is 14.6. The van der Waals surface area contributed by atoms with E-state index in [4.69, 9.17) is 9.47 Å². The van der Waals surface area contributed by atoms with E-state index in [0.717, 1.165) is 34.8 Å². The van der Waals surface area contributed by atoms with Crippen LogP contribution in [0.25, 0.3) is 22.5 Å². The molecule has 0 aliphatic carbocycles. The first-order chi connectivity index (χ1) is 15.6. The lowest BCUT2D eigenvalue weighted by Crippen LogP contribution is -2.21. The molecule has 0 amide bonds. The third kappa shape index (κ3) is 4.60. The van der Waals surface area contributed by atoms with Gasteiger partial charge in [-0.15, -0.1) is 0 Å². The molecule has 0 saturated heterocycles. The van der Waals surface area contributed by atoms with Crippen LogP contribution >= 0.6 is 0 Å². The van der Waals surface area contributed by atoms with Gasteiger partial charge in [-0.1, -0.05) is 30.3 Å². The van der Waals surface area contributed by atoms with E-state index in [0.29, 0.717) is 12.4 Å². The minimum Gasteiger partial charge on any atom is -0.496 e. The fourth-order valence-corrected chi connectivity index (χ4v) is 3.50. The lowest BCUT2D eigenvalue weighted by atomic mass is 10.0. The molecule has 3 aromatic carbocycles. The Kier molecular flexibility index (Phi) is 6.42. The number of methoxy groups -OCH3 is 1. The summed E-state index contributed by atoms with van der Waals surface area (Å²) in [6.07, 6.45) is 3.53. The van der Waals surface area contributed by atoms with Gasteiger partial charge in [0.15, 0.2) is 0 Å². The van der Waals surface area contributed by atoms with Crippen LogP contribution in [-0.4, -0.2) is 48.4 Å². The normalized spacial score (nSPS) is 11.0. The summed E-state index contributed by atoms with van der Waals surface area (Å²) in [7, 11) is 5.66. The first kappa shape index (κ1) is 21.5. The number of aromatic nitrogens is 2. The van der Waals surface area contributed by atoms with Crippen LogP contribution in [0.3, 0.4) is 0 Å². The fraction of sp³-hybridized carbons (Fsp3) is 0.192. The molecule has 32 heavy (non-hydrogen) atoms. The van der Waals surface area contributed by atoms with E-state index in [2.05, 4.69) is 4.90 Å². The Bertz CT molecular complexity index is 1230. The molecule has 4 aromatic rings. The molecule has 0 N–H and O–H groups in total. The first-order valence-electron chi connectivity index (χ1n) is 10.5. The molecule has 0 aliphatic rings. The van der Waals surface area contributed by atoms with Gasteiger partial charge < -0.3 is 14.4 Å². The summed E-state index contributed by atoms with van der Waals surface area (Å²) in [5, 5.41) is 0. The maximum absolute atomic E-state index is 13.1. The van der Waals surface area contributed by atoms with Gasteiger partial charge in [-0.25, -0.2) is 4.79 Å². The van der Waals surface area contributed by atoms with Crippen molar-refractivity contribution in [2.24, 2.45) is 0 Å². The number of hydrogen-bond donors (Lipinski definition) is 0. The average molecular weight is 430 g/mol. The third-order valence-corrected chi connectivity index (χ3v) is 5.25. The number of imidazole rings is 1. The summed E-state index contributed by atoms with van der Waals surface area (Å²) >= 11 is 0. The van der Waals surface area contributed by atoms with E-state index in [9.17, 15) is 4.79 Å². The van der Waals surface area contributed by atoms with Crippen molar-refractivity contribution in [1.29, 1.82) is 0 Å². The van der Waals surface area contributed by atoms with E-state index < -0.39 is 0 Å². The van der Waals surface area contributed by atoms with Crippen molar-refractivity contribution in [3.05, 3.63) is 95.7 Å². The SMILES string of the molecule is COc1cc(-n2ccn(-c3ccc(OCCN(C)C)cc3)c2=O)ccc1-c1ccccc1. The second kappa shape index (κ2) is 9.58. The number of hydrogen-bond acceptors (Lipinski definition) is 4. The Labute approximate surface area is 187 Å². The third-order valence-electron chi connectivity index (χ3n) is 5.25. The van der Waals surface area contributed by atoms with Crippen LogP contribution in [0, 0.1) is 0 Å². The Morgan fingerprint density at radius 2 is 1.50 bits per heavy atom. The molecule has 0 fully saturated rings. The van der Waals surface area contributed by atoms with Crippen molar-refractivity contribution in [3.8, 4) is 34.0 Å². The monoisotopic (exact) mass is 429 g/mol. The lowest BCUT2D eigenvalue weighted by Gasteiger charge is -2.12. The van der Waals surface area contributed by atoms with Crippen molar-refractivity contribution in [2.45, 2.75) is 0 Å². The van der Waals surface area contributed by atoms with Gasteiger partial charge in [0.05, 0.1) is 18.5 Å². The predicted octanol–water partition coefficient (Wildman–Crippen LogP) is 4.24. The zero-order chi connectivity index (χ0) is 22.5. The molecule has 0 saturated carbocycles. The summed E-state index contributed by atoms with van der Waals surface area (Å²) in [5.74, 6) is 1.50. The number of ether oxygens (including phenoxy) is 2. The van der Waals surface area contributed by atoms with E-state index in [1.165, 1.54) is 0 Å². The van der Waals surface area contributed by atoms with E-state index >= 15 is 0 Å². The topological polar surface area (TPSA) is 48.6 Å². The Morgan fingerprint density at radius 1 is 0.844 bits per heavy atom. The zero-order valence-electron chi connectivity index (χ0n) is 18.6. The molecule has 0 atom stereocenters. The molecule has 0 bridgehead atoms. The van der Waals surface area contributed by atoms with Crippen LogP contribution in [0.15, 0.2) is 90.0 Å². The maximum Gasteiger partial charge on any atom is 0.337 e. The molecule has 4 rings (SSSR count). The number of rotatable bonds is 8. The highest BCUT2D eigenvalue weighted by Crippen LogP contribution is 2.31. The number of nitrogens with zero attached hydrogens (tertiary/aromatic N) is 3. The maximum atomic E-state index is 13.1. The van der Waals surface area contributed by atoms with E-state index in [1.807, 2.05) is 86.9 Å². The molecule has 6 nitrogen and oxygen atoms in total. The molecule has 164 valence electrons. The molecule has 1 heterocycles. The van der Waals surface area contributed by atoms with Gasteiger partial charge in [-0.05, 0) is 56.1 Å². The van der Waals surface area contributed by atoms with Gasteiger partial charge in [0.25, 0.3) is 0 Å². The van der Waals surface area contributed by atoms with Gasteiger partial charge in [-0.2, -0.15) is 0 Å². The van der Waals surface area contributed by atoms with Crippen molar-refractivity contribution in [3.63, 3.8) is 0 Å². The summed E-state index contributed by atoms with van der Waals surface area (Å²) in [6, 6.07) is 23.4. The zero-order valence-corrected chi connectivity index (χ0v) is 18.6. The minimum absolute atomic E-state index is 0.152. The van der Waals surface area contributed by atoms with Crippen molar-refractivity contribution in [2.75, 3.05) is 34.4 Å². The fourth-order valence-electron chi connectivity index (χ4n) is 3.50. The Balaban J connectivity index is 1.58. The highest BCUT2D eigenvalue weighted by atomic mass is 16.5. The molecule has 0 unspecified atom stereocenters. The van der Waals surface area contributed by atoms with E-state index in [-0.39, 0.29) is 5.69 Å². The van der Waals surface area contributed by atoms with Crippen molar-refractivity contribution < 1.29 is 9.47 Å². The number of benzene rings is 3. The van der Waals surface area contributed by atoms with Crippen LogP contribution in [0.2, 0.25) is 0 Å². The molecule has 1 aromatic heterocycles. The average Bonchev–Trinajstić information content (AvgIpc) is 3.20. The Morgan fingerprint density at radius 3 is 2.16 bits per heavy atom. The van der Waals surface area contributed by atoms with Gasteiger partial charge in [0.2, 0.25) is 0 Å². The van der Waals surface area contributed by atoms with Gasteiger partial charge in [-0.3, -0.25) is 9.13 Å². The highest BCUT2D eigenvalue weighted by molar-refractivity contribution is 5.72. The molecule has 0 radical (unpaired) electrons. The highest BCUT2D eigenvalue weighted by Gasteiger charge is 2.11. The van der Waals surface area contributed by atoms with Gasteiger partial charge in [0, 0.05) is 30.6 Å². The molecular weight excluding hydrogens is 402 g/mol. The van der Waals surface area contributed by atoms with Gasteiger partial charge >= 0.3 is 5.69 Å². The van der Waals surface area contributed by atoms with Crippen LogP contribution in [0.4, 0.5) is 0 Å². The van der Waals surface area contributed by atoms with Crippen LogP contribution in [0.1, 0.15) is 0 Å². The largest absolute Gasteiger partial charge is 0.496 e. The van der Waals surface area contributed by atoms with Crippen LogP contribution < -0.4 is 15.2 Å². The van der Waals surface area contributed by atoms with E-state index in [1.54, 1.807) is 28.6 Å². The van der Waals surface area contributed by atoms with Crippen LogP contribution in [0.5, 0.6) is 11.5 Å². The summed E-state index contributed by atoms with van der Waals surface area (Å²) in [4.78, 5) is 15.2. The minimum atomic E-state index is -0.152. The number of likely N-dealkylation sites (N-methyl/N-ethyl adjacent to an activating group) is 1. The van der Waals surface area contributed by atoms with Crippen molar-refractivity contribution >= 4 is 0 Å². The smallest absolute Gasteiger partial charge is 0.337 e. The summed E-state index contributed by atoms with van der Waals surface area (Å²) in [5.41, 5.74) is 3.42. The predicted molar refractivity (Wildman–Crippen MR) is 127 cm³/mol. The van der Waals surface area contributed by atoms with Crippen molar-refractivity contribution in [1.82, 2.24) is 14.0 Å². The summed E-state index contributed by atoms with van der Waals surface area (Å²) in [6.45, 7) is 1.46. The standard InChI is InChI=1S/C26H27N3O3/c1-27(2)17-18-32-23-12-9-21(10-13-23)28-15-16-29(26(28)30)22-11-14-24(25(19-22)31-3)20-7-5-4-6-8-20/h4-16,19H,17-18H2,1-3H3. The second-order valence-corrected chi connectivity index (χ2v) is 7.72. The molecule has 0 spiro atoms.